The molecule has 1 aliphatic rings. The SMILES string of the molecule is CC#CCNC(=O)[C@H]1CCCN1. The van der Waals surface area contributed by atoms with E-state index < -0.39 is 0 Å². The molecule has 1 saturated heterocycles. The summed E-state index contributed by atoms with van der Waals surface area (Å²) in [6.07, 6.45) is 2.04. The first-order chi connectivity index (χ1) is 5.84. The molecular weight excluding hydrogens is 152 g/mol. The summed E-state index contributed by atoms with van der Waals surface area (Å²) >= 11 is 0. The Kier molecular flexibility index (Phi) is 3.62. The fraction of sp³-hybridized carbons (Fsp3) is 0.667. The van der Waals surface area contributed by atoms with Crippen LogP contribution in [0, 0.1) is 11.8 Å². The maximum Gasteiger partial charge on any atom is 0.237 e. The van der Waals surface area contributed by atoms with E-state index in [9.17, 15) is 4.79 Å². The standard InChI is InChI=1S/C9H14N2O/c1-2-3-6-11-9(12)8-5-4-7-10-8/h8,10H,4-7H2,1H3,(H,11,12)/t8-/m1/s1. The van der Waals surface area contributed by atoms with Crippen LogP contribution in [-0.4, -0.2) is 25.0 Å². The van der Waals surface area contributed by atoms with Gasteiger partial charge in [-0.3, -0.25) is 4.79 Å². The molecule has 1 fully saturated rings. The number of hydrogen-bond acceptors (Lipinski definition) is 2. The highest BCUT2D eigenvalue weighted by molar-refractivity contribution is 5.82. The summed E-state index contributed by atoms with van der Waals surface area (Å²) in [4.78, 5) is 11.3. The minimum atomic E-state index is 0.0173. The van der Waals surface area contributed by atoms with Gasteiger partial charge in [0.15, 0.2) is 0 Å². The summed E-state index contributed by atoms with van der Waals surface area (Å²) in [5, 5.41) is 5.87. The van der Waals surface area contributed by atoms with Crippen LogP contribution in [0.1, 0.15) is 19.8 Å². The van der Waals surface area contributed by atoms with Crippen molar-refractivity contribution in [2.24, 2.45) is 0 Å². The van der Waals surface area contributed by atoms with E-state index in [1.54, 1.807) is 6.92 Å². The molecule has 66 valence electrons. The normalized spacial score (nSPS) is 21.2. The lowest BCUT2D eigenvalue weighted by atomic mass is 10.2. The molecule has 0 spiro atoms. The van der Waals surface area contributed by atoms with Gasteiger partial charge >= 0.3 is 0 Å². The van der Waals surface area contributed by atoms with Crippen LogP contribution in [0.5, 0.6) is 0 Å². The largest absolute Gasteiger partial charge is 0.344 e. The molecule has 3 heteroatoms. The zero-order valence-corrected chi connectivity index (χ0v) is 7.31. The van der Waals surface area contributed by atoms with Gasteiger partial charge in [0.05, 0.1) is 12.6 Å². The molecule has 1 atom stereocenters. The van der Waals surface area contributed by atoms with Gasteiger partial charge in [-0.1, -0.05) is 5.92 Å². The third-order valence-corrected chi connectivity index (χ3v) is 1.90. The van der Waals surface area contributed by atoms with E-state index >= 15 is 0 Å². The van der Waals surface area contributed by atoms with Crippen molar-refractivity contribution in [3.63, 3.8) is 0 Å². The van der Waals surface area contributed by atoms with E-state index in [2.05, 4.69) is 22.5 Å². The molecule has 1 aliphatic heterocycles. The van der Waals surface area contributed by atoms with Gasteiger partial charge in [-0.25, -0.2) is 0 Å². The summed E-state index contributed by atoms with van der Waals surface area (Å²) in [6.45, 7) is 3.19. The van der Waals surface area contributed by atoms with Crippen LogP contribution in [-0.2, 0) is 4.79 Å². The van der Waals surface area contributed by atoms with Crippen LogP contribution in [0.2, 0.25) is 0 Å². The molecule has 0 aliphatic carbocycles. The van der Waals surface area contributed by atoms with Crippen molar-refractivity contribution >= 4 is 5.91 Å². The van der Waals surface area contributed by atoms with Gasteiger partial charge in [0.1, 0.15) is 0 Å². The van der Waals surface area contributed by atoms with Gasteiger partial charge in [-0.2, -0.15) is 0 Å². The van der Waals surface area contributed by atoms with Gasteiger partial charge < -0.3 is 10.6 Å². The summed E-state index contributed by atoms with van der Waals surface area (Å²) in [5.74, 6) is 5.60. The lowest BCUT2D eigenvalue weighted by Gasteiger charge is -2.08. The Bertz CT molecular complexity index is 208. The van der Waals surface area contributed by atoms with Gasteiger partial charge in [0, 0.05) is 0 Å². The van der Waals surface area contributed by atoms with Gasteiger partial charge in [-0.05, 0) is 26.3 Å². The summed E-state index contributed by atoms with van der Waals surface area (Å²) in [7, 11) is 0. The number of nitrogens with one attached hydrogen (secondary N) is 2. The molecule has 12 heavy (non-hydrogen) atoms. The maximum atomic E-state index is 11.3. The fourth-order valence-electron chi connectivity index (χ4n) is 1.25. The van der Waals surface area contributed by atoms with Crippen molar-refractivity contribution < 1.29 is 4.79 Å². The predicted octanol–water partition coefficient (Wildman–Crippen LogP) is -0.122. The lowest BCUT2D eigenvalue weighted by Crippen LogP contribution is -2.40. The minimum absolute atomic E-state index is 0.0173. The van der Waals surface area contributed by atoms with Crippen LogP contribution in [0.15, 0.2) is 0 Å². The number of amides is 1. The van der Waals surface area contributed by atoms with E-state index in [0.29, 0.717) is 6.54 Å². The van der Waals surface area contributed by atoms with Crippen LogP contribution in [0.3, 0.4) is 0 Å². The number of rotatable bonds is 2. The van der Waals surface area contributed by atoms with E-state index in [1.165, 1.54) is 0 Å². The third-order valence-electron chi connectivity index (χ3n) is 1.90. The first-order valence-corrected chi connectivity index (χ1v) is 4.25. The second kappa shape index (κ2) is 4.78. The average Bonchev–Trinajstić information content (AvgIpc) is 2.56. The molecule has 3 nitrogen and oxygen atoms in total. The Labute approximate surface area is 72.9 Å². The van der Waals surface area contributed by atoms with Gasteiger partial charge in [-0.15, -0.1) is 5.92 Å². The third kappa shape index (κ3) is 2.55. The zero-order valence-electron chi connectivity index (χ0n) is 7.31. The number of carbonyl (C=O) groups excluding carboxylic acids is 1. The average molecular weight is 166 g/mol. The van der Waals surface area contributed by atoms with Crippen molar-refractivity contribution in [2.45, 2.75) is 25.8 Å². The van der Waals surface area contributed by atoms with E-state index in [-0.39, 0.29) is 11.9 Å². The Morgan fingerprint density at radius 1 is 1.75 bits per heavy atom. The Hall–Kier alpha value is -1.01. The fourth-order valence-corrected chi connectivity index (χ4v) is 1.25. The van der Waals surface area contributed by atoms with E-state index in [1.807, 2.05) is 0 Å². The molecule has 0 saturated carbocycles. The molecule has 0 bridgehead atoms. The molecule has 0 unspecified atom stereocenters. The Balaban J connectivity index is 2.21. The first-order valence-electron chi connectivity index (χ1n) is 4.25. The smallest absolute Gasteiger partial charge is 0.237 e. The second-order valence-corrected chi connectivity index (χ2v) is 2.79. The van der Waals surface area contributed by atoms with Crippen LogP contribution in [0.4, 0.5) is 0 Å². The van der Waals surface area contributed by atoms with Crippen molar-refractivity contribution in [3.05, 3.63) is 0 Å². The van der Waals surface area contributed by atoms with E-state index in [4.69, 9.17) is 0 Å². The van der Waals surface area contributed by atoms with Crippen LogP contribution < -0.4 is 10.6 Å². The predicted molar refractivity (Wildman–Crippen MR) is 47.5 cm³/mol. The lowest BCUT2D eigenvalue weighted by molar-refractivity contribution is -0.122. The first kappa shape index (κ1) is 9.08. The quantitative estimate of drug-likeness (QED) is 0.561. The topological polar surface area (TPSA) is 41.1 Å². The highest BCUT2D eigenvalue weighted by Gasteiger charge is 2.20. The molecule has 1 amide bonds. The number of carbonyl (C=O) groups is 1. The molecular formula is C9H14N2O. The summed E-state index contributed by atoms with van der Waals surface area (Å²) in [6, 6.07) is 0.0173. The molecule has 1 heterocycles. The van der Waals surface area contributed by atoms with Crippen molar-refractivity contribution in [3.8, 4) is 11.8 Å². The molecule has 0 aromatic carbocycles. The Morgan fingerprint density at radius 3 is 3.17 bits per heavy atom. The van der Waals surface area contributed by atoms with Crippen LogP contribution in [0.25, 0.3) is 0 Å². The zero-order chi connectivity index (χ0) is 8.81. The molecule has 0 radical (unpaired) electrons. The van der Waals surface area contributed by atoms with Crippen molar-refractivity contribution in [1.29, 1.82) is 0 Å². The molecule has 0 aromatic rings. The van der Waals surface area contributed by atoms with Gasteiger partial charge in [0.25, 0.3) is 0 Å². The summed E-state index contributed by atoms with van der Waals surface area (Å²) < 4.78 is 0. The summed E-state index contributed by atoms with van der Waals surface area (Å²) in [5.41, 5.74) is 0. The Morgan fingerprint density at radius 2 is 2.58 bits per heavy atom. The molecule has 0 aromatic heterocycles. The van der Waals surface area contributed by atoms with Crippen molar-refractivity contribution in [1.82, 2.24) is 10.6 Å². The highest BCUT2D eigenvalue weighted by Crippen LogP contribution is 2.03. The minimum Gasteiger partial charge on any atom is -0.344 e. The van der Waals surface area contributed by atoms with E-state index in [0.717, 1.165) is 19.4 Å². The molecule has 1 rings (SSSR count). The highest BCUT2D eigenvalue weighted by atomic mass is 16.2. The maximum absolute atomic E-state index is 11.3. The number of hydrogen-bond donors (Lipinski definition) is 2. The van der Waals surface area contributed by atoms with Gasteiger partial charge in [0.2, 0.25) is 5.91 Å². The monoisotopic (exact) mass is 166 g/mol. The molecule has 2 N–H and O–H groups in total. The van der Waals surface area contributed by atoms with Crippen molar-refractivity contribution in [2.75, 3.05) is 13.1 Å². The van der Waals surface area contributed by atoms with Crippen LogP contribution >= 0.6 is 0 Å². The second-order valence-electron chi connectivity index (χ2n) is 2.79.